The molecule has 2 bridgehead atoms. The van der Waals surface area contributed by atoms with Gasteiger partial charge in [0.05, 0.1) is 5.92 Å². The Morgan fingerprint density at radius 1 is 0.938 bits per heavy atom. The number of benzene rings is 1. The summed E-state index contributed by atoms with van der Waals surface area (Å²) in [6.45, 7) is 4.23. The zero-order chi connectivity index (χ0) is 11.3. The van der Waals surface area contributed by atoms with Crippen molar-refractivity contribution in [2.24, 2.45) is 0 Å². The Morgan fingerprint density at radius 3 is 2.38 bits per heavy atom. The summed E-state index contributed by atoms with van der Waals surface area (Å²) < 4.78 is 0. The van der Waals surface area contributed by atoms with E-state index in [1.165, 1.54) is 22.3 Å². The number of hydrogen-bond donors (Lipinski definition) is 0. The smallest absolute Gasteiger partial charge is 0.166 e. The molecule has 0 radical (unpaired) electrons. The first-order valence-corrected chi connectivity index (χ1v) is 5.69. The van der Waals surface area contributed by atoms with Gasteiger partial charge in [0.2, 0.25) is 0 Å². The third-order valence-corrected chi connectivity index (χ3v) is 3.65. The maximum atomic E-state index is 12.0. The van der Waals surface area contributed by atoms with Crippen molar-refractivity contribution >= 4 is 5.78 Å². The molecule has 0 N–H and O–H groups in total. The molecule has 0 fully saturated rings. The number of aryl methyl sites for hydroxylation is 2. The van der Waals surface area contributed by atoms with Crippen LogP contribution in [0.25, 0.3) is 0 Å². The highest BCUT2D eigenvalue weighted by molar-refractivity contribution is 5.99. The summed E-state index contributed by atoms with van der Waals surface area (Å²) in [5, 5.41) is 0. The lowest BCUT2D eigenvalue weighted by Crippen LogP contribution is -2.14. The van der Waals surface area contributed by atoms with Crippen LogP contribution in [-0.4, -0.2) is 5.78 Å². The van der Waals surface area contributed by atoms with Gasteiger partial charge in [-0.15, -0.1) is 0 Å². The SMILES string of the molecule is Cc1ccc(C)c2c1C1C=CC(=O)C2C=C1. The van der Waals surface area contributed by atoms with Crippen LogP contribution in [0.4, 0.5) is 0 Å². The van der Waals surface area contributed by atoms with Crippen molar-refractivity contribution in [3.63, 3.8) is 0 Å². The van der Waals surface area contributed by atoms with Crippen LogP contribution in [0.1, 0.15) is 34.1 Å². The van der Waals surface area contributed by atoms with Gasteiger partial charge in [0.25, 0.3) is 0 Å². The second-order valence-corrected chi connectivity index (χ2v) is 4.68. The van der Waals surface area contributed by atoms with Crippen LogP contribution in [0.3, 0.4) is 0 Å². The summed E-state index contributed by atoms with van der Waals surface area (Å²) in [5.41, 5.74) is 5.11. The monoisotopic (exact) mass is 210 g/mol. The van der Waals surface area contributed by atoms with E-state index in [1.54, 1.807) is 6.08 Å². The lowest BCUT2D eigenvalue weighted by atomic mass is 9.78. The van der Waals surface area contributed by atoms with Gasteiger partial charge in [-0.3, -0.25) is 4.79 Å². The predicted molar refractivity (Wildman–Crippen MR) is 64.7 cm³/mol. The Kier molecular flexibility index (Phi) is 1.90. The molecule has 3 aliphatic rings. The first-order valence-electron chi connectivity index (χ1n) is 5.69. The van der Waals surface area contributed by atoms with Gasteiger partial charge >= 0.3 is 0 Å². The van der Waals surface area contributed by atoms with Crippen molar-refractivity contribution in [1.29, 1.82) is 0 Å². The first-order chi connectivity index (χ1) is 7.68. The van der Waals surface area contributed by atoms with Gasteiger partial charge in [-0.2, -0.15) is 0 Å². The number of hydrogen-bond acceptors (Lipinski definition) is 1. The van der Waals surface area contributed by atoms with Crippen molar-refractivity contribution in [1.82, 2.24) is 0 Å². The van der Waals surface area contributed by atoms with Crippen LogP contribution in [0.15, 0.2) is 36.4 Å². The van der Waals surface area contributed by atoms with Gasteiger partial charge in [-0.1, -0.05) is 30.4 Å². The summed E-state index contributed by atoms with van der Waals surface area (Å²) in [4.78, 5) is 12.0. The fourth-order valence-electron chi connectivity index (χ4n) is 2.83. The molecule has 0 amide bonds. The first kappa shape index (κ1) is 9.59. The molecule has 1 aromatic carbocycles. The fraction of sp³-hybridized carbons (Fsp3) is 0.267. The topological polar surface area (TPSA) is 17.1 Å². The second kappa shape index (κ2) is 3.18. The number of allylic oxidation sites excluding steroid dienone is 4. The third kappa shape index (κ3) is 1.15. The summed E-state index contributed by atoms with van der Waals surface area (Å²) in [7, 11) is 0. The van der Waals surface area contributed by atoms with E-state index in [1.807, 2.05) is 6.08 Å². The van der Waals surface area contributed by atoms with Crippen molar-refractivity contribution in [3.8, 4) is 0 Å². The molecule has 0 aromatic heterocycles. The minimum Gasteiger partial charge on any atom is -0.294 e. The van der Waals surface area contributed by atoms with Gasteiger partial charge in [-0.05, 0) is 42.2 Å². The maximum absolute atomic E-state index is 12.0. The molecule has 1 aromatic rings. The molecule has 1 heteroatoms. The molecule has 80 valence electrons. The Labute approximate surface area is 95.5 Å². The van der Waals surface area contributed by atoms with Crippen LogP contribution >= 0.6 is 0 Å². The van der Waals surface area contributed by atoms with Crippen molar-refractivity contribution < 1.29 is 4.79 Å². The van der Waals surface area contributed by atoms with Crippen LogP contribution < -0.4 is 0 Å². The standard InChI is InChI=1S/C15H14O/c1-9-3-4-10(2)15-12-7-5-11(14(9)15)6-8-13(12)16/h3-8,11-12H,1-2H3. The summed E-state index contributed by atoms with van der Waals surface area (Å²) in [6.07, 6.45) is 7.98. The molecular weight excluding hydrogens is 196 g/mol. The predicted octanol–water partition coefficient (Wildman–Crippen LogP) is 3.18. The quantitative estimate of drug-likeness (QED) is 0.601. The Balaban J connectivity index is 2.37. The van der Waals surface area contributed by atoms with E-state index in [4.69, 9.17) is 0 Å². The highest BCUT2D eigenvalue weighted by Crippen LogP contribution is 2.41. The van der Waals surface area contributed by atoms with E-state index in [9.17, 15) is 4.79 Å². The number of fused-ring (bicyclic) bond motifs is 1. The van der Waals surface area contributed by atoms with E-state index in [2.05, 4.69) is 38.1 Å². The van der Waals surface area contributed by atoms with Crippen molar-refractivity contribution in [2.75, 3.05) is 0 Å². The Hall–Kier alpha value is -1.63. The summed E-state index contributed by atoms with van der Waals surface area (Å²) >= 11 is 0. The summed E-state index contributed by atoms with van der Waals surface area (Å²) in [6, 6.07) is 4.27. The molecule has 0 aliphatic heterocycles. The van der Waals surface area contributed by atoms with Crippen LogP contribution in [0.2, 0.25) is 0 Å². The van der Waals surface area contributed by atoms with Gasteiger partial charge < -0.3 is 0 Å². The lowest BCUT2D eigenvalue weighted by molar-refractivity contribution is -0.115. The van der Waals surface area contributed by atoms with Crippen LogP contribution in [-0.2, 0) is 4.79 Å². The average molecular weight is 210 g/mol. The molecule has 3 aliphatic carbocycles. The normalized spacial score (nSPS) is 25.8. The Morgan fingerprint density at radius 2 is 1.62 bits per heavy atom. The molecule has 0 saturated heterocycles. The van der Waals surface area contributed by atoms with E-state index in [0.717, 1.165) is 0 Å². The van der Waals surface area contributed by atoms with Crippen LogP contribution in [0.5, 0.6) is 0 Å². The number of carbonyl (C=O) groups excluding carboxylic acids is 1. The molecule has 16 heavy (non-hydrogen) atoms. The zero-order valence-electron chi connectivity index (χ0n) is 9.53. The minimum atomic E-state index is -0.0510. The minimum absolute atomic E-state index is 0.0510. The molecular formula is C15H14O. The van der Waals surface area contributed by atoms with E-state index in [0.29, 0.717) is 0 Å². The fourth-order valence-corrected chi connectivity index (χ4v) is 2.83. The molecule has 1 nitrogen and oxygen atoms in total. The molecule has 2 atom stereocenters. The molecule has 0 heterocycles. The molecule has 2 unspecified atom stereocenters. The van der Waals surface area contributed by atoms with Crippen LogP contribution in [0, 0.1) is 13.8 Å². The van der Waals surface area contributed by atoms with Crippen molar-refractivity contribution in [3.05, 3.63) is 58.7 Å². The largest absolute Gasteiger partial charge is 0.294 e. The highest BCUT2D eigenvalue weighted by Gasteiger charge is 2.30. The number of ketones is 1. The molecule has 0 saturated carbocycles. The molecule has 0 spiro atoms. The zero-order valence-corrected chi connectivity index (χ0v) is 9.53. The third-order valence-electron chi connectivity index (χ3n) is 3.65. The summed E-state index contributed by atoms with van der Waals surface area (Å²) in [5.74, 6) is 0.452. The maximum Gasteiger partial charge on any atom is 0.166 e. The van der Waals surface area contributed by atoms with Gasteiger partial charge in [0.1, 0.15) is 0 Å². The van der Waals surface area contributed by atoms with Gasteiger partial charge in [0.15, 0.2) is 5.78 Å². The number of carbonyl (C=O) groups is 1. The second-order valence-electron chi connectivity index (χ2n) is 4.68. The van der Waals surface area contributed by atoms with E-state index < -0.39 is 0 Å². The Bertz CT molecular complexity index is 535. The van der Waals surface area contributed by atoms with Gasteiger partial charge in [0, 0.05) is 5.92 Å². The van der Waals surface area contributed by atoms with E-state index in [-0.39, 0.29) is 17.6 Å². The average Bonchev–Trinajstić information content (AvgIpc) is 2.54. The van der Waals surface area contributed by atoms with E-state index >= 15 is 0 Å². The lowest BCUT2D eigenvalue weighted by Gasteiger charge is -2.25. The molecule has 4 rings (SSSR count). The highest BCUT2D eigenvalue weighted by atomic mass is 16.1. The number of rotatable bonds is 0. The van der Waals surface area contributed by atoms with Crippen molar-refractivity contribution in [2.45, 2.75) is 25.7 Å². The van der Waals surface area contributed by atoms with Gasteiger partial charge in [-0.25, -0.2) is 0 Å².